The number of anilines is 1. The summed E-state index contributed by atoms with van der Waals surface area (Å²) in [7, 11) is 0. The summed E-state index contributed by atoms with van der Waals surface area (Å²) in [5.41, 5.74) is 1.95. The fraction of sp³-hybridized carbons (Fsp3) is 0.357. The van der Waals surface area contributed by atoms with E-state index < -0.39 is 30.9 Å². The molecule has 0 aromatic heterocycles. The smallest absolute Gasteiger partial charge is 0.323 e. The van der Waals surface area contributed by atoms with Gasteiger partial charge in [-0.05, 0) is 11.6 Å². The molecule has 1 atom stereocenters. The predicted molar refractivity (Wildman–Crippen MR) is 74.1 cm³/mol. The summed E-state index contributed by atoms with van der Waals surface area (Å²) >= 11 is 0. The van der Waals surface area contributed by atoms with Crippen molar-refractivity contribution in [2.75, 3.05) is 25.0 Å². The highest BCUT2D eigenvalue weighted by Crippen LogP contribution is 2.33. The standard InChI is InChI=1S/C14H16N2O5/c17-12(16(7-13(18)19)8-14(20)21)5-9-6-15-11-4-2-1-3-10(9)11/h1-4,9,15H,5-8H2,(H,18,19)(H,20,21). The highest BCUT2D eigenvalue weighted by Gasteiger charge is 2.27. The van der Waals surface area contributed by atoms with Crippen LogP contribution >= 0.6 is 0 Å². The molecule has 0 bridgehead atoms. The van der Waals surface area contributed by atoms with Crippen molar-refractivity contribution in [3.63, 3.8) is 0 Å². The number of rotatable bonds is 6. The third-order valence-corrected chi connectivity index (χ3v) is 3.37. The Morgan fingerprint density at radius 3 is 2.38 bits per heavy atom. The third kappa shape index (κ3) is 3.71. The maximum atomic E-state index is 12.2. The largest absolute Gasteiger partial charge is 0.480 e. The van der Waals surface area contributed by atoms with E-state index in [4.69, 9.17) is 10.2 Å². The molecule has 1 aliphatic heterocycles. The van der Waals surface area contributed by atoms with Gasteiger partial charge in [-0.3, -0.25) is 14.4 Å². The molecule has 1 aromatic rings. The Balaban J connectivity index is 2.05. The van der Waals surface area contributed by atoms with Crippen LogP contribution in [0.4, 0.5) is 5.69 Å². The number of carboxylic acid groups (broad SMARTS) is 2. The van der Waals surface area contributed by atoms with Gasteiger partial charge in [0.25, 0.3) is 0 Å². The summed E-state index contributed by atoms with van der Waals surface area (Å²) in [5.74, 6) is -2.99. The van der Waals surface area contributed by atoms with Crippen molar-refractivity contribution in [3.8, 4) is 0 Å². The van der Waals surface area contributed by atoms with E-state index in [1.54, 1.807) is 0 Å². The van der Waals surface area contributed by atoms with Gasteiger partial charge >= 0.3 is 11.9 Å². The van der Waals surface area contributed by atoms with E-state index in [0.717, 1.165) is 16.2 Å². The Labute approximate surface area is 121 Å². The molecular formula is C14H16N2O5. The van der Waals surface area contributed by atoms with Gasteiger partial charge in [0.15, 0.2) is 0 Å². The predicted octanol–water partition coefficient (Wildman–Crippen LogP) is 0.584. The summed E-state index contributed by atoms with van der Waals surface area (Å²) in [6.07, 6.45) is 0.0879. The normalized spacial score (nSPS) is 15.9. The average molecular weight is 292 g/mol. The molecule has 1 heterocycles. The van der Waals surface area contributed by atoms with E-state index in [9.17, 15) is 14.4 Å². The van der Waals surface area contributed by atoms with Crippen molar-refractivity contribution < 1.29 is 24.6 Å². The molecule has 1 unspecified atom stereocenters. The number of nitrogens with one attached hydrogen (secondary N) is 1. The number of amides is 1. The molecule has 7 heteroatoms. The fourth-order valence-corrected chi connectivity index (χ4v) is 2.44. The maximum Gasteiger partial charge on any atom is 0.323 e. The van der Waals surface area contributed by atoms with Crippen molar-refractivity contribution >= 4 is 23.5 Å². The number of para-hydroxylation sites is 1. The Hall–Kier alpha value is -2.57. The summed E-state index contributed by atoms with van der Waals surface area (Å²) < 4.78 is 0. The molecule has 0 saturated heterocycles. The van der Waals surface area contributed by atoms with E-state index in [1.807, 2.05) is 24.3 Å². The minimum atomic E-state index is -1.23. The van der Waals surface area contributed by atoms with E-state index in [0.29, 0.717) is 6.54 Å². The molecule has 0 radical (unpaired) electrons. The van der Waals surface area contributed by atoms with Crippen molar-refractivity contribution in [2.24, 2.45) is 0 Å². The Kier molecular flexibility index (Phi) is 4.42. The number of fused-ring (bicyclic) bond motifs is 1. The van der Waals surface area contributed by atoms with Crippen LogP contribution in [0.5, 0.6) is 0 Å². The molecule has 112 valence electrons. The highest BCUT2D eigenvalue weighted by molar-refractivity contribution is 5.86. The number of aliphatic carboxylic acids is 2. The topological polar surface area (TPSA) is 107 Å². The monoisotopic (exact) mass is 292 g/mol. The van der Waals surface area contributed by atoms with Gasteiger partial charge in [0.1, 0.15) is 13.1 Å². The van der Waals surface area contributed by atoms with Gasteiger partial charge in [-0.2, -0.15) is 0 Å². The summed E-state index contributed by atoms with van der Waals surface area (Å²) in [5, 5.41) is 20.7. The molecule has 0 fully saturated rings. The van der Waals surface area contributed by atoms with Gasteiger partial charge in [0, 0.05) is 24.6 Å². The van der Waals surface area contributed by atoms with Crippen molar-refractivity contribution in [3.05, 3.63) is 29.8 Å². The van der Waals surface area contributed by atoms with E-state index >= 15 is 0 Å². The number of carboxylic acids is 2. The Bertz CT molecular complexity index is 556. The van der Waals surface area contributed by atoms with E-state index in [-0.39, 0.29) is 12.3 Å². The van der Waals surface area contributed by atoms with E-state index in [2.05, 4.69) is 5.32 Å². The number of benzene rings is 1. The average Bonchev–Trinajstić information content (AvgIpc) is 2.80. The molecule has 1 aliphatic rings. The fourth-order valence-electron chi connectivity index (χ4n) is 2.44. The molecule has 3 N–H and O–H groups in total. The van der Waals surface area contributed by atoms with Gasteiger partial charge in [0.2, 0.25) is 5.91 Å². The molecule has 21 heavy (non-hydrogen) atoms. The second-order valence-corrected chi connectivity index (χ2v) is 4.91. The summed E-state index contributed by atoms with van der Waals surface area (Å²) in [6, 6.07) is 7.57. The first-order valence-electron chi connectivity index (χ1n) is 6.51. The number of carbonyl (C=O) groups excluding carboxylic acids is 1. The van der Waals surface area contributed by atoms with Crippen LogP contribution in [-0.2, 0) is 14.4 Å². The lowest BCUT2D eigenvalue weighted by Gasteiger charge is -2.20. The summed E-state index contributed by atoms with van der Waals surface area (Å²) in [6.45, 7) is -0.626. The number of hydrogen-bond acceptors (Lipinski definition) is 4. The third-order valence-electron chi connectivity index (χ3n) is 3.37. The lowest BCUT2D eigenvalue weighted by Crippen LogP contribution is -2.40. The molecular weight excluding hydrogens is 276 g/mol. The van der Waals surface area contributed by atoms with E-state index in [1.165, 1.54) is 0 Å². The van der Waals surface area contributed by atoms with Crippen LogP contribution in [0.3, 0.4) is 0 Å². The quantitative estimate of drug-likeness (QED) is 0.708. The van der Waals surface area contributed by atoms with Crippen LogP contribution in [0.2, 0.25) is 0 Å². The van der Waals surface area contributed by atoms with Gasteiger partial charge in [-0.25, -0.2) is 0 Å². The van der Waals surface area contributed by atoms with Crippen LogP contribution in [-0.4, -0.2) is 52.6 Å². The van der Waals surface area contributed by atoms with Crippen LogP contribution in [0.1, 0.15) is 17.9 Å². The molecule has 0 aliphatic carbocycles. The number of nitrogens with zero attached hydrogens (tertiary/aromatic N) is 1. The second kappa shape index (κ2) is 6.25. The molecule has 2 rings (SSSR count). The minimum Gasteiger partial charge on any atom is -0.480 e. The van der Waals surface area contributed by atoms with Crippen molar-refractivity contribution in [1.29, 1.82) is 0 Å². The first-order chi connectivity index (χ1) is 9.97. The lowest BCUT2D eigenvalue weighted by atomic mass is 9.97. The Morgan fingerprint density at radius 1 is 1.14 bits per heavy atom. The summed E-state index contributed by atoms with van der Waals surface area (Å²) in [4.78, 5) is 34.5. The number of carbonyl (C=O) groups is 3. The molecule has 0 saturated carbocycles. The van der Waals surface area contributed by atoms with Gasteiger partial charge < -0.3 is 20.4 Å². The lowest BCUT2D eigenvalue weighted by molar-refractivity contribution is -0.149. The van der Waals surface area contributed by atoms with Crippen LogP contribution in [0.15, 0.2) is 24.3 Å². The van der Waals surface area contributed by atoms with Crippen LogP contribution in [0, 0.1) is 0 Å². The highest BCUT2D eigenvalue weighted by atomic mass is 16.4. The Morgan fingerprint density at radius 2 is 1.76 bits per heavy atom. The zero-order valence-electron chi connectivity index (χ0n) is 11.3. The zero-order valence-corrected chi connectivity index (χ0v) is 11.3. The van der Waals surface area contributed by atoms with Gasteiger partial charge in [0.05, 0.1) is 0 Å². The first-order valence-corrected chi connectivity index (χ1v) is 6.51. The zero-order chi connectivity index (χ0) is 15.4. The SMILES string of the molecule is O=C(O)CN(CC(=O)O)C(=O)CC1CNc2ccccc21. The molecule has 1 aromatic carbocycles. The minimum absolute atomic E-state index is 0.0706. The van der Waals surface area contributed by atoms with Crippen LogP contribution in [0.25, 0.3) is 0 Å². The van der Waals surface area contributed by atoms with Gasteiger partial charge in [-0.1, -0.05) is 18.2 Å². The first kappa shape index (κ1) is 14.8. The van der Waals surface area contributed by atoms with Crippen molar-refractivity contribution in [2.45, 2.75) is 12.3 Å². The van der Waals surface area contributed by atoms with Gasteiger partial charge in [-0.15, -0.1) is 0 Å². The van der Waals surface area contributed by atoms with Crippen LogP contribution < -0.4 is 5.32 Å². The maximum absolute atomic E-state index is 12.2. The van der Waals surface area contributed by atoms with Crippen molar-refractivity contribution in [1.82, 2.24) is 4.90 Å². The molecule has 0 spiro atoms. The number of hydrogen-bond donors (Lipinski definition) is 3. The second-order valence-electron chi connectivity index (χ2n) is 4.91. The molecule has 7 nitrogen and oxygen atoms in total. The molecule has 1 amide bonds.